The van der Waals surface area contributed by atoms with Gasteiger partial charge < -0.3 is 61.3 Å². The van der Waals surface area contributed by atoms with Gasteiger partial charge in [-0.1, -0.05) is 299 Å². The van der Waals surface area contributed by atoms with Gasteiger partial charge in [-0.05, 0) is 160 Å². The molecule has 16 heteroatoms. The molecule has 0 aromatic heterocycles. The minimum atomic E-state index is -0.661. The fraction of sp³-hybridized carbons (Fsp3) is 0.783. The highest BCUT2D eigenvalue weighted by atomic mass is 16.3. The Balaban J connectivity index is 0.000000376. The molecule has 0 saturated carbocycles. The Morgan fingerprint density at radius 1 is 0.324 bits per heavy atom. The second kappa shape index (κ2) is 67.0. The van der Waals surface area contributed by atoms with E-state index in [2.05, 4.69) is 87.6 Å². The highest BCUT2D eigenvalue weighted by Crippen LogP contribution is 2.23. The van der Waals surface area contributed by atoms with Crippen LogP contribution in [0.25, 0.3) is 0 Å². The number of carbonyl (C=O) groups is 4. The molecule has 16 nitrogen and oxygen atoms in total. The van der Waals surface area contributed by atoms with Crippen molar-refractivity contribution < 1.29 is 39.6 Å². The lowest BCUT2D eigenvalue weighted by atomic mass is 10.0. The fourth-order valence-electron chi connectivity index (χ4n) is 15.3. The van der Waals surface area contributed by atoms with Crippen LogP contribution < -0.4 is 21.3 Å². The molecule has 6 rings (SSSR count). The van der Waals surface area contributed by atoms with Gasteiger partial charge in [0.05, 0.1) is 36.4 Å². The van der Waals surface area contributed by atoms with Crippen LogP contribution >= 0.6 is 0 Å². The topological polar surface area (TPSA) is 210 Å². The van der Waals surface area contributed by atoms with Crippen molar-refractivity contribution in [2.45, 2.75) is 385 Å². The highest BCUT2D eigenvalue weighted by Gasteiger charge is 2.30. The van der Waals surface area contributed by atoms with Gasteiger partial charge in [0.1, 0.15) is 12.2 Å². The Morgan fingerprint density at radius 2 is 0.556 bits per heavy atom. The average molecular weight is 1510 g/mol. The average Bonchev–Trinajstić information content (AvgIpc) is 1.15. The molecule has 4 heterocycles. The van der Waals surface area contributed by atoms with Crippen molar-refractivity contribution in [1.29, 1.82) is 0 Å². The van der Waals surface area contributed by atoms with Crippen molar-refractivity contribution in [3.05, 3.63) is 96.1 Å². The largest absolute Gasteiger partial charge is 0.387 e. The van der Waals surface area contributed by atoms with E-state index < -0.39 is 24.4 Å². The molecule has 4 aliphatic rings. The third kappa shape index (κ3) is 50.5. The molecular weight excluding hydrogens is 1350 g/mol. The number of rotatable bonds is 58. The molecule has 0 bridgehead atoms. The Labute approximate surface area is 660 Å². The molecule has 2 aromatic carbocycles. The van der Waals surface area contributed by atoms with E-state index in [0.29, 0.717) is 19.3 Å². The molecule has 8 atom stereocenters. The zero-order chi connectivity index (χ0) is 78.1. The van der Waals surface area contributed by atoms with Crippen LogP contribution in [0, 0.1) is 0 Å². The number of allylic oxidation sites excluding steroid dienone is 2. The summed E-state index contributed by atoms with van der Waals surface area (Å²) in [7, 11) is 0. The molecule has 4 fully saturated rings. The van der Waals surface area contributed by atoms with Gasteiger partial charge in [0.25, 0.3) is 0 Å². The molecule has 2 aromatic rings. The van der Waals surface area contributed by atoms with E-state index in [1.165, 1.54) is 219 Å². The zero-order valence-corrected chi connectivity index (χ0v) is 69.9. The first kappa shape index (κ1) is 97.7. The first-order valence-electron chi connectivity index (χ1n) is 44.9. The van der Waals surface area contributed by atoms with Crippen LogP contribution in [0.15, 0.2) is 85.0 Å². The van der Waals surface area contributed by atoms with Crippen LogP contribution in [0.4, 0.5) is 0 Å². The number of likely N-dealkylation sites (tertiary alicyclic amines) is 4. The van der Waals surface area contributed by atoms with Crippen molar-refractivity contribution in [3.63, 3.8) is 0 Å². The summed E-state index contributed by atoms with van der Waals surface area (Å²) in [6.45, 7) is 24.0. The molecule has 8 unspecified atom stereocenters. The van der Waals surface area contributed by atoms with Gasteiger partial charge >= 0.3 is 0 Å². The maximum Gasteiger partial charge on any atom is 0.220 e. The van der Waals surface area contributed by atoms with Crippen molar-refractivity contribution in [3.8, 4) is 0 Å². The molecule has 0 radical (unpaired) electrons. The summed E-state index contributed by atoms with van der Waals surface area (Å²) in [5.41, 5.74) is 1.74. The number of unbranched alkanes of at least 4 members (excludes halogenated alkanes) is 30. The van der Waals surface area contributed by atoms with E-state index >= 15 is 0 Å². The van der Waals surface area contributed by atoms with Crippen molar-refractivity contribution >= 4 is 23.6 Å². The summed E-state index contributed by atoms with van der Waals surface area (Å²) in [6.07, 6.45) is 60.7. The van der Waals surface area contributed by atoms with E-state index in [0.717, 1.165) is 154 Å². The Morgan fingerprint density at radius 3 is 0.843 bits per heavy atom. The van der Waals surface area contributed by atoms with Crippen LogP contribution in [-0.2, 0) is 19.2 Å². The number of hydrogen-bond acceptors (Lipinski definition) is 12. The normalized spacial score (nSPS) is 17.2. The molecule has 0 spiro atoms. The van der Waals surface area contributed by atoms with Gasteiger partial charge in [-0.3, -0.25) is 19.2 Å². The first-order chi connectivity index (χ1) is 52.7. The van der Waals surface area contributed by atoms with Crippen molar-refractivity contribution in [1.82, 2.24) is 40.9 Å². The molecule has 620 valence electrons. The van der Waals surface area contributed by atoms with Crippen LogP contribution in [0.1, 0.15) is 360 Å². The predicted molar refractivity (Wildman–Crippen MR) is 453 cm³/mol. The number of nitrogens with one attached hydrogen (secondary N) is 4. The SMILES string of the molecule is CCCCCC(=O)NC(CN1CCCC1)C(O)c1ccccc1.CCCCCCCC(=O)NC(CN1CCCC1)C(O)c1ccccc1.CCCCCCCCCCCCC/C=C/C(O)C(CN1CCCC1)NC(=O)CCCCC.CCCCCCCCCCCCC/C=C/C(O)C(CN1CCCC1)NC(C)=O. The molecule has 4 saturated heterocycles. The standard InChI is InChI=1S/C28H54N2O2.C24H46N2O2.C21H34N2O2.C19H30N2O2/c1-3-5-7-8-9-10-11-12-13-14-15-16-18-21-27(31)26(25-30-23-19-20-24-30)29-28(32)22-17-6-4-2;1-3-4-5-6-7-8-9-10-11-12-13-14-15-18-24(28)23(25-22(2)27)21-26-19-16-17-20-26;1-2-3-4-5-9-14-20(24)22-19(17-23-15-10-11-16-23)21(25)18-12-7-6-8-13-18;1-2-3-5-12-18(22)20-17(15-21-13-8-9-14-21)19(23)16-10-6-4-7-11-16/h18,21,26-27,31H,3-17,19-20,22-25H2,1-2H3,(H,29,32);15,18,23-24,28H,3-14,16-17,19-21H2,1-2H3,(H,25,27);6-8,12-13,19,21,25H,2-5,9-11,14-17H2,1H3,(H,22,24);4,6-7,10-11,17,19,23H,2-3,5,8-9,12-15H2,1H3,(H,20,22)/b21-18+;18-15+;;. The second-order valence-electron chi connectivity index (χ2n) is 32.1. The van der Waals surface area contributed by atoms with Crippen LogP contribution in [0.5, 0.6) is 0 Å². The smallest absolute Gasteiger partial charge is 0.220 e. The number of nitrogens with zero attached hydrogens (tertiary/aromatic N) is 4. The summed E-state index contributed by atoms with van der Waals surface area (Å²) in [6, 6.07) is 18.4. The Hall–Kier alpha value is -4.52. The number of carbonyl (C=O) groups excluding carboxylic acids is 4. The summed E-state index contributed by atoms with van der Waals surface area (Å²) >= 11 is 0. The molecule has 4 aliphatic heterocycles. The van der Waals surface area contributed by atoms with E-state index in [9.17, 15) is 39.6 Å². The number of hydrogen-bond donors (Lipinski definition) is 8. The lowest BCUT2D eigenvalue weighted by Gasteiger charge is -2.28. The molecule has 0 aliphatic carbocycles. The predicted octanol–water partition coefficient (Wildman–Crippen LogP) is 18.5. The van der Waals surface area contributed by atoms with Gasteiger partial charge in [-0.2, -0.15) is 0 Å². The van der Waals surface area contributed by atoms with Gasteiger partial charge in [-0.25, -0.2) is 0 Å². The van der Waals surface area contributed by atoms with Gasteiger partial charge in [0.2, 0.25) is 23.6 Å². The van der Waals surface area contributed by atoms with Crippen LogP contribution in [0.2, 0.25) is 0 Å². The summed E-state index contributed by atoms with van der Waals surface area (Å²) in [4.78, 5) is 57.7. The maximum absolute atomic E-state index is 12.4. The number of amides is 4. The molecular formula is C92H164N8O8. The van der Waals surface area contributed by atoms with Crippen LogP contribution in [-0.4, -0.2) is 179 Å². The van der Waals surface area contributed by atoms with Gasteiger partial charge in [0, 0.05) is 52.4 Å². The first-order valence-corrected chi connectivity index (χ1v) is 44.9. The molecule has 108 heavy (non-hydrogen) atoms. The fourth-order valence-corrected chi connectivity index (χ4v) is 15.3. The Kier molecular flexibility index (Phi) is 60.6. The minimum absolute atomic E-state index is 0.0534. The molecule has 4 amide bonds. The summed E-state index contributed by atoms with van der Waals surface area (Å²) in [5, 5.41) is 54.9. The number of aliphatic hydroxyl groups excluding tert-OH is 4. The van der Waals surface area contributed by atoms with E-state index in [1.807, 2.05) is 72.8 Å². The summed E-state index contributed by atoms with van der Waals surface area (Å²) in [5.74, 6) is 0.135. The maximum atomic E-state index is 12.4. The van der Waals surface area contributed by atoms with Crippen molar-refractivity contribution in [2.24, 2.45) is 0 Å². The number of benzene rings is 2. The minimum Gasteiger partial charge on any atom is -0.387 e. The Bertz CT molecular complexity index is 2490. The quantitative estimate of drug-likeness (QED) is 0.0230. The molecule has 8 N–H and O–H groups in total. The van der Waals surface area contributed by atoms with Gasteiger partial charge in [-0.15, -0.1) is 0 Å². The lowest BCUT2D eigenvalue weighted by Crippen LogP contribution is -2.49. The van der Waals surface area contributed by atoms with E-state index in [4.69, 9.17) is 0 Å². The monoisotopic (exact) mass is 1510 g/mol. The second-order valence-corrected chi connectivity index (χ2v) is 32.1. The number of aliphatic hydroxyl groups is 4. The van der Waals surface area contributed by atoms with Gasteiger partial charge in [0.15, 0.2) is 0 Å². The van der Waals surface area contributed by atoms with Crippen LogP contribution in [0.3, 0.4) is 0 Å². The lowest BCUT2D eigenvalue weighted by molar-refractivity contribution is -0.123. The van der Waals surface area contributed by atoms with E-state index in [1.54, 1.807) is 0 Å². The highest BCUT2D eigenvalue weighted by molar-refractivity contribution is 5.77. The van der Waals surface area contributed by atoms with Crippen molar-refractivity contribution in [2.75, 3.05) is 78.5 Å². The summed E-state index contributed by atoms with van der Waals surface area (Å²) < 4.78 is 0. The zero-order valence-electron chi connectivity index (χ0n) is 69.9. The third-order valence-corrected chi connectivity index (χ3v) is 22.0. The third-order valence-electron chi connectivity index (χ3n) is 22.0. The van der Waals surface area contributed by atoms with E-state index in [-0.39, 0.29) is 47.8 Å².